The highest BCUT2D eigenvalue weighted by molar-refractivity contribution is 5.95. The molecular weight excluding hydrogens is 362 g/mol. The molecule has 6 heteroatoms. The number of nitrogens with zero attached hydrogens (tertiary/aromatic N) is 1. The molecule has 0 bridgehead atoms. The van der Waals surface area contributed by atoms with Crippen LogP contribution in [0.2, 0.25) is 0 Å². The van der Waals surface area contributed by atoms with Gasteiger partial charge in [0.2, 0.25) is 5.91 Å². The third-order valence-corrected chi connectivity index (χ3v) is 5.02. The van der Waals surface area contributed by atoms with Crippen molar-refractivity contribution in [2.75, 3.05) is 19.6 Å². The quantitative estimate of drug-likeness (QED) is 0.854. The van der Waals surface area contributed by atoms with Crippen LogP contribution in [0.15, 0.2) is 48.5 Å². The molecule has 2 aromatic carbocycles. The minimum absolute atomic E-state index is 0.113. The summed E-state index contributed by atoms with van der Waals surface area (Å²) < 4.78 is 26.5. The molecule has 3 rings (SSSR count). The first-order chi connectivity index (χ1) is 13.3. The fourth-order valence-corrected chi connectivity index (χ4v) is 3.49. The number of carbonyl (C=O) groups is 2. The fourth-order valence-electron chi connectivity index (χ4n) is 3.49. The van der Waals surface area contributed by atoms with Crippen molar-refractivity contribution in [3.63, 3.8) is 0 Å². The second kappa shape index (κ2) is 8.50. The lowest BCUT2D eigenvalue weighted by molar-refractivity contribution is -0.125. The van der Waals surface area contributed by atoms with Gasteiger partial charge < -0.3 is 10.2 Å². The fraction of sp³-hybridized carbons (Fsp3) is 0.364. The Morgan fingerprint density at radius 1 is 1.00 bits per heavy atom. The Bertz CT molecular complexity index is 835. The zero-order valence-electron chi connectivity index (χ0n) is 16.0. The summed E-state index contributed by atoms with van der Waals surface area (Å²) in [5.74, 6) is -1.45. The van der Waals surface area contributed by atoms with Crippen LogP contribution >= 0.6 is 0 Å². The van der Waals surface area contributed by atoms with Crippen LogP contribution in [0.25, 0.3) is 0 Å². The maximum absolute atomic E-state index is 13.3. The van der Waals surface area contributed by atoms with Crippen LogP contribution < -0.4 is 5.32 Å². The summed E-state index contributed by atoms with van der Waals surface area (Å²) in [6.45, 7) is 5.19. The van der Waals surface area contributed by atoms with Gasteiger partial charge in [0.1, 0.15) is 11.6 Å². The van der Waals surface area contributed by atoms with Crippen molar-refractivity contribution in [2.24, 2.45) is 11.8 Å². The molecule has 148 valence electrons. The average molecular weight is 386 g/mol. The molecule has 0 spiro atoms. The van der Waals surface area contributed by atoms with Crippen molar-refractivity contribution < 1.29 is 18.4 Å². The number of carbonyl (C=O) groups excluding carboxylic acids is 2. The van der Waals surface area contributed by atoms with Crippen molar-refractivity contribution >= 4 is 11.8 Å². The van der Waals surface area contributed by atoms with E-state index >= 15 is 0 Å². The standard InChI is InChI=1S/C22H24F2N2O2/c1-14(2)11-25-21(27)20-13-26(22(28)16-5-9-18(24)10-6-16)12-19(20)15-3-7-17(23)8-4-15/h3-10,14,19-20H,11-13H2,1-2H3,(H,25,27)/t19-,20-/m0/s1. The molecule has 2 atom stereocenters. The van der Waals surface area contributed by atoms with Gasteiger partial charge in [-0.3, -0.25) is 9.59 Å². The molecule has 1 aliphatic heterocycles. The normalized spacial score (nSPS) is 19.1. The van der Waals surface area contributed by atoms with E-state index in [0.29, 0.717) is 24.6 Å². The van der Waals surface area contributed by atoms with E-state index in [-0.39, 0.29) is 30.1 Å². The minimum atomic E-state index is -0.423. The first-order valence-corrected chi connectivity index (χ1v) is 9.43. The Morgan fingerprint density at radius 3 is 2.14 bits per heavy atom. The SMILES string of the molecule is CC(C)CNC(=O)[C@H]1CN(C(=O)c2ccc(F)cc2)C[C@H]1c1ccc(F)cc1. The second-order valence-corrected chi connectivity index (χ2v) is 7.62. The van der Waals surface area contributed by atoms with Gasteiger partial charge in [-0.1, -0.05) is 26.0 Å². The van der Waals surface area contributed by atoms with E-state index in [1.165, 1.54) is 36.4 Å². The zero-order chi connectivity index (χ0) is 20.3. The van der Waals surface area contributed by atoms with Gasteiger partial charge in [0, 0.05) is 31.1 Å². The molecule has 28 heavy (non-hydrogen) atoms. The smallest absolute Gasteiger partial charge is 0.253 e. The van der Waals surface area contributed by atoms with Crippen molar-refractivity contribution in [3.05, 3.63) is 71.3 Å². The molecule has 1 N–H and O–H groups in total. The molecule has 0 aromatic heterocycles. The third kappa shape index (κ3) is 4.55. The summed E-state index contributed by atoms with van der Waals surface area (Å²) in [5, 5.41) is 2.94. The van der Waals surface area contributed by atoms with Gasteiger partial charge in [-0.15, -0.1) is 0 Å². The summed E-state index contributed by atoms with van der Waals surface area (Å²) >= 11 is 0. The van der Waals surface area contributed by atoms with Gasteiger partial charge in [0.25, 0.3) is 5.91 Å². The Labute approximate surface area is 163 Å². The summed E-state index contributed by atoms with van der Waals surface area (Å²) in [5.41, 5.74) is 1.20. The van der Waals surface area contributed by atoms with E-state index < -0.39 is 11.7 Å². The maximum Gasteiger partial charge on any atom is 0.253 e. The molecule has 0 unspecified atom stereocenters. The van der Waals surface area contributed by atoms with Crippen molar-refractivity contribution in [1.82, 2.24) is 10.2 Å². The molecule has 0 aliphatic carbocycles. The van der Waals surface area contributed by atoms with E-state index in [0.717, 1.165) is 5.56 Å². The molecule has 1 heterocycles. The summed E-state index contributed by atoms with van der Waals surface area (Å²) in [6.07, 6.45) is 0. The molecule has 0 saturated carbocycles. The number of nitrogens with one attached hydrogen (secondary N) is 1. The number of benzene rings is 2. The van der Waals surface area contributed by atoms with Crippen molar-refractivity contribution in [3.8, 4) is 0 Å². The highest BCUT2D eigenvalue weighted by Crippen LogP contribution is 2.34. The Balaban J connectivity index is 1.83. The van der Waals surface area contributed by atoms with Crippen LogP contribution in [-0.4, -0.2) is 36.3 Å². The first-order valence-electron chi connectivity index (χ1n) is 9.43. The highest BCUT2D eigenvalue weighted by Gasteiger charge is 2.40. The number of rotatable bonds is 5. The largest absolute Gasteiger partial charge is 0.356 e. The molecule has 1 aliphatic rings. The van der Waals surface area contributed by atoms with Crippen molar-refractivity contribution in [1.29, 1.82) is 0 Å². The van der Waals surface area contributed by atoms with Crippen LogP contribution in [0.1, 0.15) is 35.7 Å². The Morgan fingerprint density at radius 2 is 1.57 bits per heavy atom. The predicted molar refractivity (Wildman–Crippen MR) is 103 cm³/mol. The van der Waals surface area contributed by atoms with E-state index in [1.54, 1.807) is 17.0 Å². The minimum Gasteiger partial charge on any atom is -0.356 e. The van der Waals surface area contributed by atoms with Gasteiger partial charge >= 0.3 is 0 Å². The lowest BCUT2D eigenvalue weighted by Gasteiger charge is -2.18. The molecule has 1 saturated heterocycles. The molecule has 2 amide bonds. The predicted octanol–water partition coefficient (Wildman–Crippen LogP) is 3.59. The molecule has 2 aromatic rings. The molecule has 4 nitrogen and oxygen atoms in total. The number of hydrogen-bond donors (Lipinski definition) is 1. The van der Waals surface area contributed by atoms with Crippen LogP contribution in [0.3, 0.4) is 0 Å². The molecule has 1 fully saturated rings. The molecule has 0 radical (unpaired) electrons. The first kappa shape index (κ1) is 20.0. The molecular formula is C22H24F2N2O2. The lowest BCUT2D eigenvalue weighted by Crippen LogP contribution is -2.37. The monoisotopic (exact) mass is 386 g/mol. The van der Waals surface area contributed by atoms with Gasteiger partial charge in [-0.2, -0.15) is 0 Å². The van der Waals surface area contributed by atoms with Crippen LogP contribution in [-0.2, 0) is 4.79 Å². The van der Waals surface area contributed by atoms with E-state index in [1.807, 2.05) is 13.8 Å². The van der Waals surface area contributed by atoms with E-state index in [9.17, 15) is 18.4 Å². The van der Waals surface area contributed by atoms with E-state index in [4.69, 9.17) is 0 Å². The number of halogens is 2. The summed E-state index contributed by atoms with van der Waals surface area (Å²) in [6, 6.07) is 11.4. The zero-order valence-corrected chi connectivity index (χ0v) is 16.0. The summed E-state index contributed by atoms with van der Waals surface area (Å²) in [7, 11) is 0. The van der Waals surface area contributed by atoms with Gasteiger partial charge in [-0.05, 0) is 47.9 Å². The van der Waals surface area contributed by atoms with Gasteiger partial charge in [-0.25, -0.2) is 8.78 Å². The Kier molecular flexibility index (Phi) is 6.07. The Hall–Kier alpha value is -2.76. The number of hydrogen-bond acceptors (Lipinski definition) is 2. The lowest BCUT2D eigenvalue weighted by atomic mass is 9.88. The summed E-state index contributed by atoms with van der Waals surface area (Å²) in [4.78, 5) is 27.2. The van der Waals surface area contributed by atoms with Crippen LogP contribution in [0.4, 0.5) is 8.78 Å². The topological polar surface area (TPSA) is 49.4 Å². The van der Waals surface area contributed by atoms with Gasteiger partial charge in [0.05, 0.1) is 5.92 Å². The average Bonchev–Trinajstić information content (AvgIpc) is 3.12. The number of likely N-dealkylation sites (tertiary alicyclic amines) is 1. The van der Waals surface area contributed by atoms with Crippen LogP contribution in [0, 0.1) is 23.5 Å². The number of amides is 2. The van der Waals surface area contributed by atoms with Crippen molar-refractivity contribution in [2.45, 2.75) is 19.8 Å². The second-order valence-electron chi connectivity index (χ2n) is 7.62. The highest BCUT2D eigenvalue weighted by atomic mass is 19.1. The van der Waals surface area contributed by atoms with Gasteiger partial charge in [0.15, 0.2) is 0 Å². The van der Waals surface area contributed by atoms with Crippen LogP contribution in [0.5, 0.6) is 0 Å². The third-order valence-electron chi connectivity index (χ3n) is 5.02. The maximum atomic E-state index is 13.3. The van der Waals surface area contributed by atoms with E-state index in [2.05, 4.69) is 5.32 Å².